The molecule has 0 bridgehead atoms. The van der Waals surface area contributed by atoms with Gasteiger partial charge < -0.3 is 0 Å². The van der Waals surface area contributed by atoms with E-state index in [-0.39, 0.29) is 10.7 Å². The summed E-state index contributed by atoms with van der Waals surface area (Å²) >= 11 is 0. The zero-order chi connectivity index (χ0) is 15.6. The molecule has 0 heterocycles. The first-order valence-corrected chi connectivity index (χ1v) is 8.56. The predicted octanol–water partition coefficient (Wildman–Crippen LogP) is 3.13. The van der Waals surface area contributed by atoms with Crippen molar-refractivity contribution in [2.24, 2.45) is 0 Å². The van der Waals surface area contributed by atoms with Crippen molar-refractivity contribution in [3.05, 3.63) is 64.7 Å². The highest BCUT2D eigenvalue weighted by atomic mass is 32.2. The Morgan fingerprint density at radius 2 is 1.48 bits per heavy atom. The van der Waals surface area contributed by atoms with Crippen molar-refractivity contribution in [1.82, 2.24) is 0 Å². The van der Waals surface area contributed by atoms with Crippen LogP contribution in [-0.2, 0) is 16.3 Å². The third-order valence-corrected chi connectivity index (χ3v) is 4.71. The maximum Gasteiger partial charge on any atom is 0.175 e. The van der Waals surface area contributed by atoms with Crippen LogP contribution in [0.15, 0.2) is 47.4 Å². The number of hydrogen-bond acceptors (Lipinski definition) is 3. The van der Waals surface area contributed by atoms with Crippen molar-refractivity contribution in [1.29, 1.82) is 0 Å². The van der Waals surface area contributed by atoms with E-state index in [0.717, 1.165) is 22.9 Å². The molecule has 21 heavy (non-hydrogen) atoms. The van der Waals surface area contributed by atoms with Crippen LogP contribution < -0.4 is 0 Å². The van der Waals surface area contributed by atoms with E-state index in [4.69, 9.17) is 0 Å². The molecule has 3 nitrogen and oxygen atoms in total. The number of hydrogen-bond donors (Lipinski definition) is 0. The van der Waals surface area contributed by atoms with Crippen molar-refractivity contribution < 1.29 is 13.2 Å². The average molecular weight is 302 g/mol. The van der Waals surface area contributed by atoms with Gasteiger partial charge in [0, 0.05) is 18.2 Å². The molecular formula is C17H18O3S. The molecule has 4 heteroatoms. The molecule has 2 aromatic carbocycles. The first-order valence-electron chi connectivity index (χ1n) is 6.67. The first kappa shape index (κ1) is 15.4. The van der Waals surface area contributed by atoms with Gasteiger partial charge in [-0.2, -0.15) is 0 Å². The summed E-state index contributed by atoms with van der Waals surface area (Å²) in [6.07, 6.45) is 1.48. The number of sulfone groups is 1. The molecule has 0 aliphatic carbocycles. The van der Waals surface area contributed by atoms with Crippen LogP contribution in [0.3, 0.4) is 0 Å². The van der Waals surface area contributed by atoms with Gasteiger partial charge in [-0.15, -0.1) is 0 Å². The maximum absolute atomic E-state index is 12.3. The number of Topliss-reactive ketones (excluding diaryl/α,β-unsaturated/α-hetero) is 1. The summed E-state index contributed by atoms with van der Waals surface area (Å²) in [5.41, 5.74) is 3.76. The highest BCUT2D eigenvalue weighted by molar-refractivity contribution is 7.90. The van der Waals surface area contributed by atoms with Gasteiger partial charge in [0.15, 0.2) is 15.6 Å². The lowest BCUT2D eigenvalue weighted by molar-refractivity contribution is 0.0992. The fraction of sp³-hybridized carbons (Fsp3) is 0.235. The minimum atomic E-state index is -3.23. The van der Waals surface area contributed by atoms with Crippen molar-refractivity contribution in [2.75, 3.05) is 6.26 Å². The lowest BCUT2D eigenvalue weighted by Gasteiger charge is -2.09. The van der Waals surface area contributed by atoms with E-state index in [1.54, 1.807) is 12.1 Å². The van der Waals surface area contributed by atoms with Crippen LogP contribution >= 0.6 is 0 Å². The molecule has 2 aromatic rings. The van der Waals surface area contributed by atoms with Gasteiger partial charge in [0.05, 0.1) is 4.90 Å². The fourth-order valence-electron chi connectivity index (χ4n) is 2.28. The standard InChI is InChI=1S/C17H18O3S/c1-12-5-4-6-13(2)16(12)11-17(18)14-7-9-15(10-8-14)21(3,19)20/h4-10H,11H2,1-3H3. The molecule has 0 aromatic heterocycles. The first-order chi connectivity index (χ1) is 9.79. The summed E-state index contributed by atoms with van der Waals surface area (Å²) in [5.74, 6) is -0.00699. The molecule has 0 N–H and O–H groups in total. The molecule has 0 saturated carbocycles. The van der Waals surface area contributed by atoms with E-state index in [2.05, 4.69) is 0 Å². The van der Waals surface area contributed by atoms with Crippen LogP contribution in [0.1, 0.15) is 27.0 Å². The fourth-order valence-corrected chi connectivity index (χ4v) is 2.91. The summed E-state index contributed by atoms with van der Waals surface area (Å²) in [6.45, 7) is 3.98. The highest BCUT2D eigenvalue weighted by Gasteiger charge is 2.12. The largest absolute Gasteiger partial charge is 0.294 e. The van der Waals surface area contributed by atoms with Gasteiger partial charge >= 0.3 is 0 Å². The van der Waals surface area contributed by atoms with Crippen LogP contribution in [0.2, 0.25) is 0 Å². The second-order valence-electron chi connectivity index (χ2n) is 5.27. The SMILES string of the molecule is Cc1cccc(C)c1CC(=O)c1ccc(S(C)(=O)=O)cc1. The minimum absolute atomic E-state index is 0.00699. The zero-order valence-electron chi connectivity index (χ0n) is 12.4. The Kier molecular flexibility index (Phi) is 4.28. The van der Waals surface area contributed by atoms with Gasteiger partial charge in [-0.05, 0) is 42.7 Å². The van der Waals surface area contributed by atoms with Crippen molar-refractivity contribution in [3.63, 3.8) is 0 Å². The molecular weight excluding hydrogens is 284 g/mol. The molecule has 110 valence electrons. The van der Waals surface area contributed by atoms with Crippen LogP contribution in [0.4, 0.5) is 0 Å². The quantitative estimate of drug-likeness (QED) is 0.815. The third kappa shape index (κ3) is 3.58. The van der Waals surface area contributed by atoms with Gasteiger partial charge in [0.1, 0.15) is 0 Å². The third-order valence-electron chi connectivity index (χ3n) is 3.59. The number of benzene rings is 2. The average Bonchev–Trinajstić information content (AvgIpc) is 2.42. The molecule has 2 rings (SSSR count). The number of carbonyl (C=O) groups excluding carboxylic acids is 1. The number of ketones is 1. The molecule has 0 aliphatic rings. The van der Waals surface area contributed by atoms with Gasteiger partial charge in [0.2, 0.25) is 0 Å². The van der Waals surface area contributed by atoms with E-state index < -0.39 is 9.84 Å². The van der Waals surface area contributed by atoms with Crippen molar-refractivity contribution in [3.8, 4) is 0 Å². The van der Waals surface area contributed by atoms with E-state index in [0.29, 0.717) is 12.0 Å². The molecule has 0 atom stereocenters. The molecule has 0 spiro atoms. The normalized spacial score (nSPS) is 11.4. The molecule has 0 aliphatic heterocycles. The number of rotatable bonds is 4. The van der Waals surface area contributed by atoms with E-state index in [9.17, 15) is 13.2 Å². The van der Waals surface area contributed by atoms with Gasteiger partial charge in [0.25, 0.3) is 0 Å². The van der Waals surface area contributed by atoms with Crippen molar-refractivity contribution in [2.45, 2.75) is 25.2 Å². The lowest BCUT2D eigenvalue weighted by atomic mass is 9.96. The van der Waals surface area contributed by atoms with Gasteiger partial charge in [-0.25, -0.2) is 8.42 Å². The maximum atomic E-state index is 12.3. The topological polar surface area (TPSA) is 51.2 Å². The Labute approximate surface area is 125 Å². The summed E-state index contributed by atoms with van der Waals surface area (Å²) in [7, 11) is -3.23. The summed E-state index contributed by atoms with van der Waals surface area (Å²) < 4.78 is 22.8. The number of aryl methyl sites for hydroxylation is 2. The zero-order valence-corrected chi connectivity index (χ0v) is 13.2. The number of carbonyl (C=O) groups is 1. The monoisotopic (exact) mass is 302 g/mol. The predicted molar refractivity (Wildman–Crippen MR) is 83.5 cm³/mol. The lowest BCUT2D eigenvalue weighted by Crippen LogP contribution is -2.07. The molecule has 0 saturated heterocycles. The van der Waals surface area contributed by atoms with E-state index in [1.807, 2.05) is 32.0 Å². The van der Waals surface area contributed by atoms with Crippen LogP contribution in [0.25, 0.3) is 0 Å². The Hall–Kier alpha value is -1.94. The van der Waals surface area contributed by atoms with Crippen LogP contribution in [0.5, 0.6) is 0 Å². The van der Waals surface area contributed by atoms with Crippen LogP contribution in [-0.4, -0.2) is 20.5 Å². The Morgan fingerprint density at radius 3 is 1.95 bits per heavy atom. The minimum Gasteiger partial charge on any atom is -0.294 e. The van der Waals surface area contributed by atoms with E-state index in [1.165, 1.54) is 12.1 Å². The Bertz CT molecular complexity index is 752. The highest BCUT2D eigenvalue weighted by Crippen LogP contribution is 2.17. The van der Waals surface area contributed by atoms with Crippen molar-refractivity contribution >= 4 is 15.6 Å². The van der Waals surface area contributed by atoms with E-state index >= 15 is 0 Å². The van der Waals surface area contributed by atoms with Gasteiger partial charge in [-0.3, -0.25) is 4.79 Å². The molecule has 0 radical (unpaired) electrons. The Morgan fingerprint density at radius 1 is 0.952 bits per heavy atom. The second kappa shape index (κ2) is 5.82. The van der Waals surface area contributed by atoms with Crippen LogP contribution in [0, 0.1) is 13.8 Å². The summed E-state index contributed by atoms with van der Waals surface area (Å²) in [5, 5.41) is 0. The smallest absolute Gasteiger partial charge is 0.175 e. The summed E-state index contributed by atoms with van der Waals surface area (Å²) in [4.78, 5) is 12.6. The van der Waals surface area contributed by atoms with Gasteiger partial charge in [-0.1, -0.05) is 30.3 Å². The molecule has 0 amide bonds. The Balaban J connectivity index is 2.25. The second-order valence-corrected chi connectivity index (χ2v) is 7.28. The summed E-state index contributed by atoms with van der Waals surface area (Å²) in [6, 6.07) is 12.1. The molecule has 0 unspecified atom stereocenters. The molecule has 0 fully saturated rings.